The Kier molecular flexibility index (Phi) is 4.74. The Labute approximate surface area is 126 Å². The first-order valence-electron chi connectivity index (χ1n) is 7.44. The van der Waals surface area contributed by atoms with E-state index in [9.17, 15) is 4.79 Å². The molecule has 1 N–H and O–H groups in total. The minimum atomic E-state index is 0.160. The molecule has 20 heavy (non-hydrogen) atoms. The smallest absolute Gasteiger partial charge is 0.220 e. The first-order valence-corrected chi connectivity index (χ1v) is 7.82. The second-order valence-corrected chi connectivity index (χ2v) is 6.90. The van der Waals surface area contributed by atoms with Crippen LogP contribution in [0.15, 0.2) is 24.3 Å². The van der Waals surface area contributed by atoms with E-state index >= 15 is 0 Å². The molecule has 0 spiro atoms. The number of hydrogen-bond acceptors (Lipinski definition) is 1. The van der Waals surface area contributed by atoms with E-state index in [1.807, 2.05) is 24.3 Å². The minimum Gasteiger partial charge on any atom is -0.352 e. The molecule has 1 aliphatic rings. The fourth-order valence-corrected chi connectivity index (χ4v) is 3.39. The third-order valence-electron chi connectivity index (χ3n) is 5.00. The maximum absolute atomic E-state index is 12.0. The molecule has 0 heterocycles. The monoisotopic (exact) mass is 293 g/mol. The summed E-state index contributed by atoms with van der Waals surface area (Å²) >= 11 is 5.84. The predicted molar refractivity (Wildman–Crippen MR) is 83.6 cm³/mol. The minimum absolute atomic E-state index is 0.160. The van der Waals surface area contributed by atoms with Gasteiger partial charge >= 0.3 is 0 Å². The number of carbonyl (C=O) groups is 1. The molecule has 0 radical (unpaired) electrons. The van der Waals surface area contributed by atoms with Crippen LogP contribution in [0.4, 0.5) is 0 Å². The third-order valence-corrected chi connectivity index (χ3v) is 5.25. The summed E-state index contributed by atoms with van der Waals surface area (Å²) in [7, 11) is 0. The molecule has 2 nitrogen and oxygen atoms in total. The molecule has 3 heteroatoms. The van der Waals surface area contributed by atoms with Crippen LogP contribution in [-0.4, -0.2) is 5.91 Å². The van der Waals surface area contributed by atoms with E-state index in [-0.39, 0.29) is 5.91 Å². The fraction of sp³-hybridized carbons (Fsp3) is 0.588. The molecule has 1 aliphatic carbocycles. The van der Waals surface area contributed by atoms with Gasteiger partial charge in [-0.2, -0.15) is 0 Å². The van der Waals surface area contributed by atoms with Crippen LogP contribution in [0.25, 0.3) is 0 Å². The number of rotatable bonds is 5. The number of benzene rings is 1. The Morgan fingerprint density at radius 3 is 2.50 bits per heavy atom. The largest absolute Gasteiger partial charge is 0.352 e. The lowest BCUT2D eigenvalue weighted by molar-refractivity contribution is -0.127. The average Bonchev–Trinajstić information content (AvgIpc) is 2.42. The van der Waals surface area contributed by atoms with Gasteiger partial charge in [0.15, 0.2) is 0 Å². The summed E-state index contributed by atoms with van der Waals surface area (Å²) < 4.78 is 0. The maximum atomic E-state index is 12.0. The average molecular weight is 294 g/mol. The zero-order valence-electron chi connectivity index (χ0n) is 12.6. The summed E-state index contributed by atoms with van der Waals surface area (Å²) in [4.78, 5) is 12.0. The molecular weight excluding hydrogens is 270 g/mol. The van der Waals surface area contributed by atoms with Gasteiger partial charge in [-0.25, -0.2) is 0 Å². The van der Waals surface area contributed by atoms with Gasteiger partial charge in [0.2, 0.25) is 5.91 Å². The Morgan fingerprint density at radius 2 is 1.95 bits per heavy atom. The molecule has 0 aromatic heterocycles. The number of amides is 1. The molecular formula is C17H24ClNO. The lowest BCUT2D eigenvalue weighted by Crippen LogP contribution is -2.46. The van der Waals surface area contributed by atoms with Crippen LogP contribution in [0.3, 0.4) is 0 Å². The highest BCUT2D eigenvalue weighted by Gasteiger charge is 2.47. The van der Waals surface area contributed by atoms with Crippen molar-refractivity contribution in [2.24, 2.45) is 17.3 Å². The van der Waals surface area contributed by atoms with E-state index in [0.29, 0.717) is 24.3 Å². The van der Waals surface area contributed by atoms with Crippen molar-refractivity contribution in [1.82, 2.24) is 5.32 Å². The summed E-state index contributed by atoms with van der Waals surface area (Å²) in [5.41, 5.74) is 1.40. The van der Waals surface area contributed by atoms with Gasteiger partial charge in [-0.1, -0.05) is 50.9 Å². The molecule has 2 rings (SSSR count). The van der Waals surface area contributed by atoms with Crippen LogP contribution in [0.5, 0.6) is 0 Å². The van der Waals surface area contributed by atoms with Gasteiger partial charge in [0.1, 0.15) is 0 Å². The zero-order chi connectivity index (χ0) is 14.8. The lowest BCUT2D eigenvalue weighted by Gasteiger charge is -2.52. The summed E-state index contributed by atoms with van der Waals surface area (Å²) in [6, 6.07) is 7.60. The van der Waals surface area contributed by atoms with Crippen molar-refractivity contribution in [3.8, 4) is 0 Å². The zero-order valence-corrected chi connectivity index (χ0v) is 13.3. The van der Waals surface area contributed by atoms with Crippen molar-refractivity contribution < 1.29 is 4.79 Å². The number of carbonyl (C=O) groups excluding carboxylic acids is 1. The van der Waals surface area contributed by atoms with Gasteiger partial charge < -0.3 is 5.32 Å². The topological polar surface area (TPSA) is 29.1 Å². The molecule has 1 saturated carbocycles. The highest BCUT2D eigenvalue weighted by Crippen LogP contribution is 2.54. The highest BCUT2D eigenvalue weighted by atomic mass is 35.5. The van der Waals surface area contributed by atoms with E-state index in [4.69, 9.17) is 11.6 Å². The number of halogens is 1. The Balaban J connectivity index is 1.78. The van der Waals surface area contributed by atoms with Crippen molar-refractivity contribution in [3.63, 3.8) is 0 Å². The van der Waals surface area contributed by atoms with Gasteiger partial charge in [0.05, 0.1) is 0 Å². The quantitative estimate of drug-likeness (QED) is 0.855. The molecule has 0 saturated heterocycles. The molecule has 1 amide bonds. The van der Waals surface area contributed by atoms with E-state index in [2.05, 4.69) is 26.1 Å². The summed E-state index contributed by atoms with van der Waals surface area (Å²) in [5, 5.41) is 3.73. The second-order valence-electron chi connectivity index (χ2n) is 6.47. The van der Waals surface area contributed by atoms with E-state index < -0.39 is 0 Å². The first-order chi connectivity index (χ1) is 9.43. The number of nitrogens with one attached hydrogen (secondary N) is 1. The molecule has 1 aromatic rings. The van der Waals surface area contributed by atoms with Crippen LogP contribution in [-0.2, 0) is 11.3 Å². The van der Waals surface area contributed by atoms with Crippen LogP contribution in [0.2, 0.25) is 5.02 Å². The highest BCUT2D eigenvalue weighted by molar-refractivity contribution is 6.30. The number of hydrogen-bond donors (Lipinski definition) is 1. The van der Waals surface area contributed by atoms with Crippen molar-refractivity contribution in [2.45, 2.75) is 46.6 Å². The Morgan fingerprint density at radius 1 is 1.30 bits per heavy atom. The van der Waals surface area contributed by atoms with Crippen LogP contribution >= 0.6 is 11.6 Å². The van der Waals surface area contributed by atoms with Crippen LogP contribution < -0.4 is 5.32 Å². The summed E-state index contributed by atoms with van der Waals surface area (Å²) in [6.45, 7) is 7.41. The molecule has 0 bridgehead atoms. The molecule has 2 atom stereocenters. The van der Waals surface area contributed by atoms with Crippen LogP contribution in [0, 0.1) is 17.3 Å². The van der Waals surface area contributed by atoms with Gasteiger partial charge in [0.25, 0.3) is 0 Å². The molecule has 0 aliphatic heterocycles. The summed E-state index contributed by atoms with van der Waals surface area (Å²) in [6.07, 6.45) is 3.06. The molecule has 0 unspecified atom stereocenters. The van der Waals surface area contributed by atoms with Crippen molar-refractivity contribution in [3.05, 3.63) is 34.9 Å². The van der Waals surface area contributed by atoms with E-state index in [1.54, 1.807) is 0 Å². The van der Waals surface area contributed by atoms with Gasteiger partial charge in [0, 0.05) is 18.0 Å². The first kappa shape index (κ1) is 15.4. The second kappa shape index (κ2) is 6.17. The molecule has 1 aromatic carbocycles. The van der Waals surface area contributed by atoms with Crippen molar-refractivity contribution >= 4 is 17.5 Å². The Bertz CT molecular complexity index is 466. The van der Waals surface area contributed by atoms with Gasteiger partial charge in [-0.15, -0.1) is 0 Å². The summed E-state index contributed by atoms with van der Waals surface area (Å²) in [5.74, 6) is 1.46. The lowest BCUT2D eigenvalue weighted by atomic mass is 9.53. The van der Waals surface area contributed by atoms with Crippen molar-refractivity contribution in [1.29, 1.82) is 0 Å². The third kappa shape index (κ3) is 3.35. The SMILES string of the molecule is CC[C@@H]1C[C@@H](CC(=O)NCc2ccc(Cl)cc2)C1(C)C. The molecule has 1 fully saturated rings. The van der Waals surface area contributed by atoms with E-state index in [0.717, 1.165) is 16.5 Å². The van der Waals surface area contributed by atoms with Gasteiger partial charge in [-0.3, -0.25) is 4.79 Å². The van der Waals surface area contributed by atoms with E-state index in [1.165, 1.54) is 12.8 Å². The van der Waals surface area contributed by atoms with Crippen molar-refractivity contribution in [2.75, 3.05) is 0 Å². The van der Waals surface area contributed by atoms with Crippen LogP contribution in [0.1, 0.15) is 45.6 Å². The van der Waals surface area contributed by atoms with Gasteiger partial charge in [-0.05, 0) is 41.4 Å². The molecule has 110 valence electrons. The predicted octanol–water partition coefficient (Wildman–Crippen LogP) is 4.42. The Hall–Kier alpha value is -1.02. The normalized spacial score (nSPS) is 24.0. The fourth-order valence-electron chi connectivity index (χ4n) is 3.26. The maximum Gasteiger partial charge on any atom is 0.220 e. The standard InChI is InChI=1S/C17H24ClNO/c1-4-13-9-14(17(13,2)3)10-16(20)19-11-12-5-7-15(18)8-6-12/h5-8,13-14H,4,9-11H2,1-3H3,(H,19,20)/t13-,14+/m1/s1.